The molecule has 0 bridgehead atoms. The summed E-state index contributed by atoms with van der Waals surface area (Å²) in [6, 6.07) is 6.24. The lowest BCUT2D eigenvalue weighted by molar-refractivity contribution is -0.134. The number of nitrogens with one attached hydrogen (secondary N) is 1. The quantitative estimate of drug-likeness (QED) is 0.726. The van der Waals surface area contributed by atoms with E-state index < -0.39 is 6.04 Å². The fraction of sp³-hybridized carbons (Fsp3) is 0.500. The molecule has 0 aromatic heterocycles. The Bertz CT molecular complexity index is 530. The van der Waals surface area contributed by atoms with E-state index in [4.69, 9.17) is 5.73 Å². The van der Waals surface area contributed by atoms with Gasteiger partial charge < -0.3 is 21.1 Å². The van der Waals surface area contributed by atoms with Crippen LogP contribution in [0.5, 0.6) is 0 Å². The molecule has 0 saturated carbocycles. The Morgan fingerprint density at radius 2 is 2.09 bits per heavy atom. The molecular weight excluding hydrogens is 282 g/mol. The number of hydrogen-bond donors (Lipinski definition) is 3. The SMILES string of the molecule is C[C@@H](NC(=O)c1ccc(CN)cc1)C(=O)N1CCC[C@H]1CO. The lowest BCUT2D eigenvalue weighted by Crippen LogP contribution is -2.49. The van der Waals surface area contributed by atoms with Crippen molar-refractivity contribution in [1.82, 2.24) is 10.2 Å². The van der Waals surface area contributed by atoms with Crippen LogP contribution >= 0.6 is 0 Å². The maximum atomic E-state index is 12.4. The minimum absolute atomic E-state index is 0.0348. The highest BCUT2D eigenvalue weighted by Gasteiger charge is 2.31. The number of benzene rings is 1. The van der Waals surface area contributed by atoms with Gasteiger partial charge in [-0.15, -0.1) is 0 Å². The van der Waals surface area contributed by atoms with Crippen LogP contribution in [0.15, 0.2) is 24.3 Å². The van der Waals surface area contributed by atoms with Crippen LogP contribution in [-0.4, -0.2) is 47.1 Å². The zero-order chi connectivity index (χ0) is 16.1. The van der Waals surface area contributed by atoms with E-state index in [1.54, 1.807) is 36.1 Å². The summed E-state index contributed by atoms with van der Waals surface area (Å²) in [4.78, 5) is 26.2. The van der Waals surface area contributed by atoms with Crippen LogP contribution in [0, 0.1) is 0 Å². The molecule has 1 saturated heterocycles. The highest BCUT2D eigenvalue weighted by atomic mass is 16.3. The monoisotopic (exact) mass is 305 g/mol. The van der Waals surface area contributed by atoms with Crippen molar-refractivity contribution >= 4 is 11.8 Å². The Kier molecular flexibility index (Phi) is 5.51. The van der Waals surface area contributed by atoms with Gasteiger partial charge in [0.2, 0.25) is 5.91 Å². The number of likely N-dealkylation sites (tertiary alicyclic amines) is 1. The first kappa shape index (κ1) is 16.5. The molecule has 2 rings (SSSR count). The zero-order valence-electron chi connectivity index (χ0n) is 12.8. The van der Waals surface area contributed by atoms with E-state index >= 15 is 0 Å². The van der Waals surface area contributed by atoms with E-state index in [9.17, 15) is 14.7 Å². The minimum Gasteiger partial charge on any atom is -0.394 e. The molecule has 22 heavy (non-hydrogen) atoms. The van der Waals surface area contributed by atoms with Gasteiger partial charge >= 0.3 is 0 Å². The van der Waals surface area contributed by atoms with Crippen molar-refractivity contribution in [3.8, 4) is 0 Å². The van der Waals surface area contributed by atoms with Gasteiger partial charge in [-0.25, -0.2) is 0 Å². The maximum absolute atomic E-state index is 12.4. The first-order valence-corrected chi connectivity index (χ1v) is 7.58. The molecule has 6 heteroatoms. The molecule has 0 spiro atoms. The third-order valence-electron chi connectivity index (χ3n) is 4.04. The molecular formula is C16H23N3O3. The molecule has 2 amide bonds. The molecule has 1 aliphatic rings. The van der Waals surface area contributed by atoms with Crippen LogP contribution < -0.4 is 11.1 Å². The Labute approximate surface area is 130 Å². The normalized spacial score (nSPS) is 19.0. The predicted molar refractivity (Wildman–Crippen MR) is 83.1 cm³/mol. The van der Waals surface area contributed by atoms with E-state index in [2.05, 4.69) is 5.32 Å². The molecule has 0 radical (unpaired) electrons. The summed E-state index contributed by atoms with van der Waals surface area (Å²) in [6.07, 6.45) is 1.70. The van der Waals surface area contributed by atoms with Crippen LogP contribution in [0.4, 0.5) is 0 Å². The van der Waals surface area contributed by atoms with E-state index in [-0.39, 0.29) is 24.5 Å². The number of hydrogen-bond acceptors (Lipinski definition) is 4. The van der Waals surface area contributed by atoms with Gasteiger partial charge in [-0.05, 0) is 37.5 Å². The van der Waals surface area contributed by atoms with Gasteiger partial charge in [-0.1, -0.05) is 12.1 Å². The van der Waals surface area contributed by atoms with Gasteiger partial charge in [-0.3, -0.25) is 9.59 Å². The van der Waals surface area contributed by atoms with Crippen LogP contribution in [0.3, 0.4) is 0 Å². The molecule has 0 aliphatic carbocycles. The second-order valence-electron chi connectivity index (χ2n) is 5.61. The Hall–Kier alpha value is -1.92. The topological polar surface area (TPSA) is 95.7 Å². The molecule has 1 aromatic carbocycles. The first-order chi connectivity index (χ1) is 10.6. The van der Waals surface area contributed by atoms with E-state index in [0.717, 1.165) is 18.4 Å². The highest BCUT2D eigenvalue weighted by molar-refractivity contribution is 5.97. The second-order valence-corrected chi connectivity index (χ2v) is 5.61. The van der Waals surface area contributed by atoms with Gasteiger partial charge in [-0.2, -0.15) is 0 Å². The van der Waals surface area contributed by atoms with E-state index in [0.29, 0.717) is 18.7 Å². The van der Waals surface area contributed by atoms with Crippen molar-refractivity contribution in [1.29, 1.82) is 0 Å². The maximum Gasteiger partial charge on any atom is 0.251 e. The third-order valence-corrected chi connectivity index (χ3v) is 4.04. The van der Waals surface area contributed by atoms with Crippen molar-refractivity contribution in [3.63, 3.8) is 0 Å². The standard InChI is InChI=1S/C16H23N3O3/c1-11(16(22)19-8-2-3-14(19)10-20)18-15(21)13-6-4-12(9-17)5-7-13/h4-7,11,14,20H,2-3,8-10,17H2,1H3,(H,18,21)/t11-,14+/m1/s1. The largest absolute Gasteiger partial charge is 0.394 e. The van der Waals surface area contributed by atoms with Crippen LogP contribution in [-0.2, 0) is 11.3 Å². The molecule has 4 N–H and O–H groups in total. The average molecular weight is 305 g/mol. The van der Waals surface area contributed by atoms with Crippen LogP contribution in [0.1, 0.15) is 35.7 Å². The fourth-order valence-corrected chi connectivity index (χ4v) is 2.70. The lowest BCUT2D eigenvalue weighted by atomic mass is 10.1. The Morgan fingerprint density at radius 3 is 2.68 bits per heavy atom. The van der Waals surface area contributed by atoms with Crippen molar-refractivity contribution < 1.29 is 14.7 Å². The lowest BCUT2D eigenvalue weighted by Gasteiger charge is -2.26. The summed E-state index contributed by atoms with van der Waals surface area (Å²) in [6.45, 7) is 2.69. The summed E-state index contributed by atoms with van der Waals surface area (Å²) in [7, 11) is 0. The molecule has 1 heterocycles. The molecule has 1 aliphatic heterocycles. The molecule has 2 atom stereocenters. The van der Waals surface area contributed by atoms with Crippen molar-refractivity contribution in [2.24, 2.45) is 5.73 Å². The van der Waals surface area contributed by atoms with Crippen LogP contribution in [0.2, 0.25) is 0 Å². The molecule has 6 nitrogen and oxygen atoms in total. The fourth-order valence-electron chi connectivity index (χ4n) is 2.70. The molecule has 120 valence electrons. The summed E-state index contributed by atoms with van der Waals surface area (Å²) in [5.41, 5.74) is 6.97. The predicted octanol–water partition coefficient (Wildman–Crippen LogP) is 0.247. The summed E-state index contributed by atoms with van der Waals surface area (Å²) >= 11 is 0. The number of amides is 2. The number of carbonyl (C=O) groups is 2. The Morgan fingerprint density at radius 1 is 1.41 bits per heavy atom. The van der Waals surface area contributed by atoms with Gasteiger partial charge in [0.25, 0.3) is 5.91 Å². The number of rotatable bonds is 5. The highest BCUT2D eigenvalue weighted by Crippen LogP contribution is 2.17. The first-order valence-electron chi connectivity index (χ1n) is 7.58. The summed E-state index contributed by atoms with van der Waals surface area (Å²) in [5.74, 6) is -0.437. The van der Waals surface area contributed by atoms with Gasteiger partial charge in [0.1, 0.15) is 6.04 Å². The smallest absolute Gasteiger partial charge is 0.251 e. The summed E-state index contributed by atoms with van der Waals surface area (Å²) < 4.78 is 0. The Balaban J connectivity index is 1.96. The van der Waals surface area contributed by atoms with Gasteiger partial charge in [0.05, 0.1) is 12.6 Å². The van der Waals surface area contributed by atoms with E-state index in [1.807, 2.05) is 0 Å². The second kappa shape index (κ2) is 7.38. The number of aliphatic hydroxyl groups excluding tert-OH is 1. The number of aliphatic hydroxyl groups is 1. The van der Waals surface area contributed by atoms with Crippen LogP contribution in [0.25, 0.3) is 0 Å². The van der Waals surface area contributed by atoms with E-state index in [1.165, 1.54) is 0 Å². The molecule has 0 unspecified atom stereocenters. The number of nitrogens with zero attached hydrogens (tertiary/aromatic N) is 1. The average Bonchev–Trinajstić information content (AvgIpc) is 3.02. The van der Waals surface area contributed by atoms with Gasteiger partial charge in [0, 0.05) is 18.7 Å². The number of carbonyl (C=O) groups excluding carboxylic acids is 2. The number of nitrogens with two attached hydrogens (primary N) is 1. The molecule has 1 aromatic rings. The summed E-state index contributed by atoms with van der Waals surface area (Å²) in [5, 5.41) is 12.0. The minimum atomic E-state index is -0.617. The van der Waals surface area contributed by atoms with Gasteiger partial charge in [0.15, 0.2) is 0 Å². The van der Waals surface area contributed by atoms with Crippen molar-refractivity contribution in [2.45, 2.75) is 38.4 Å². The third kappa shape index (κ3) is 3.64. The molecule has 1 fully saturated rings. The van der Waals surface area contributed by atoms with Crippen molar-refractivity contribution in [2.75, 3.05) is 13.2 Å². The zero-order valence-corrected chi connectivity index (χ0v) is 12.8. The van der Waals surface area contributed by atoms with Crippen molar-refractivity contribution in [3.05, 3.63) is 35.4 Å².